The van der Waals surface area contributed by atoms with Gasteiger partial charge in [0.25, 0.3) is 0 Å². The van der Waals surface area contributed by atoms with E-state index in [9.17, 15) is 4.79 Å². The van der Waals surface area contributed by atoms with Crippen LogP contribution in [0.2, 0.25) is 5.02 Å². The average Bonchev–Trinajstić information content (AvgIpc) is 2.98. The number of nitrogens with zero attached hydrogens (tertiary/aromatic N) is 3. The molecule has 0 unspecified atom stereocenters. The number of carbonyl (C=O) groups excluding carboxylic acids is 1. The van der Waals surface area contributed by atoms with Crippen molar-refractivity contribution in [2.75, 3.05) is 40.4 Å². The van der Waals surface area contributed by atoms with Crippen LogP contribution in [0.15, 0.2) is 16.7 Å². The second-order valence-corrected chi connectivity index (χ2v) is 6.60. The number of benzene rings is 1. The number of halogens is 2. The SMILES string of the molecule is COc1cc(-c2noc(CCC(=O)N3CCCNCC3)n2)cc(Cl)c1OC.Cl. The monoisotopic (exact) mass is 430 g/mol. The topological polar surface area (TPSA) is 89.7 Å². The predicted molar refractivity (Wildman–Crippen MR) is 107 cm³/mol. The summed E-state index contributed by atoms with van der Waals surface area (Å²) in [4.78, 5) is 18.6. The molecule has 0 aliphatic carbocycles. The molecular formula is C18H24Cl2N4O4. The molecule has 0 atom stereocenters. The van der Waals surface area contributed by atoms with Crippen LogP contribution in [0, 0.1) is 0 Å². The van der Waals surface area contributed by atoms with Crippen LogP contribution in [0.3, 0.4) is 0 Å². The molecule has 1 saturated heterocycles. The summed E-state index contributed by atoms with van der Waals surface area (Å²) in [6, 6.07) is 3.42. The summed E-state index contributed by atoms with van der Waals surface area (Å²) < 4.78 is 15.8. The maximum atomic E-state index is 12.4. The highest BCUT2D eigenvalue weighted by molar-refractivity contribution is 6.32. The molecule has 2 heterocycles. The standard InChI is InChI=1S/C18H23ClN4O4.ClH/c1-25-14-11-12(10-13(19)17(14)26-2)18-21-15(27-22-18)4-5-16(24)23-8-3-6-20-7-9-23;/h10-11,20H,3-9H2,1-2H3;1H. The number of aryl methyl sites for hydroxylation is 1. The van der Waals surface area contributed by atoms with Crippen LogP contribution in [0.1, 0.15) is 18.7 Å². The van der Waals surface area contributed by atoms with Gasteiger partial charge in [-0.1, -0.05) is 16.8 Å². The van der Waals surface area contributed by atoms with E-state index in [2.05, 4.69) is 15.5 Å². The number of hydrogen-bond donors (Lipinski definition) is 1. The van der Waals surface area contributed by atoms with Crippen LogP contribution in [0.5, 0.6) is 11.5 Å². The van der Waals surface area contributed by atoms with Gasteiger partial charge in [-0.2, -0.15) is 4.98 Å². The normalized spacial score (nSPS) is 14.2. The lowest BCUT2D eigenvalue weighted by molar-refractivity contribution is -0.131. The molecule has 1 aromatic carbocycles. The van der Waals surface area contributed by atoms with Crippen molar-refractivity contribution < 1.29 is 18.8 Å². The number of rotatable bonds is 6. The summed E-state index contributed by atoms with van der Waals surface area (Å²) >= 11 is 6.23. The van der Waals surface area contributed by atoms with Crippen LogP contribution in [-0.2, 0) is 11.2 Å². The van der Waals surface area contributed by atoms with E-state index in [4.69, 9.17) is 25.6 Å². The highest BCUT2D eigenvalue weighted by Gasteiger charge is 2.18. The molecule has 0 saturated carbocycles. The highest BCUT2D eigenvalue weighted by atomic mass is 35.5. The Kier molecular flexibility index (Phi) is 8.35. The van der Waals surface area contributed by atoms with Gasteiger partial charge in [0.1, 0.15) is 0 Å². The summed E-state index contributed by atoms with van der Waals surface area (Å²) in [5.41, 5.74) is 0.651. The molecular weight excluding hydrogens is 407 g/mol. The van der Waals surface area contributed by atoms with E-state index in [1.807, 2.05) is 4.90 Å². The number of aromatic nitrogens is 2. The van der Waals surface area contributed by atoms with Gasteiger partial charge in [-0.3, -0.25) is 4.79 Å². The molecule has 1 aliphatic rings. The fraction of sp³-hybridized carbons (Fsp3) is 0.500. The molecule has 1 fully saturated rings. The Morgan fingerprint density at radius 2 is 2.11 bits per heavy atom. The molecule has 28 heavy (non-hydrogen) atoms. The summed E-state index contributed by atoms with van der Waals surface area (Å²) in [6.07, 6.45) is 1.71. The van der Waals surface area contributed by atoms with Crippen LogP contribution < -0.4 is 14.8 Å². The Balaban J connectivity index is 0.00000280. The first-order valence-electron chi connectivity index (χ1n) is 8.85. The van der Waals surface area contributed by atoms with E-state index >= 15 is 0 Å². The van der Waals surface area contributed by atoms with E-state index in [0.29, 0.717) is 46.6 Å². The van der Waals surface area contributed by atoms with E-state index in [1.165, 1.54) is 14.2 Å². The minimum absolute atomic E-state index is 0. The molecule has 8 nitrogen and oxygen atoms in total. The minimum atomic E-state index is 0. The number of hydrogen-bond acceptors (Lipinski definition) is 7. The Morgan fingerprint density at radius 1 is 1.29 bits per heavy atom. The molecule has 0 spiro atoms. The van der Waals surface area contributed by atoms with Gasteiger partial charge in [0.2, 0.25) is 17.6 Å². The molecule has 10 heteroatoms. The third-order valence-corrected chi connectivity index (χ3v) is 4.69. The second kappa shape index (κ2) is 10.5. The van der Waals surface area contributed by atoms with E-state index in [0.717, 1.165) is 32.6 Å². The van der Waals surface area contributed by atoms with Crippen LogP contribution >= 0.6 is 24.0 Å². The maximum absolute atomic E-state index is 12.4. The van der Waals surface area contributed by atoms with Gasteiger partial charge in [-0.25, -0.2) is 0 Å². The summed E-state index contributed by atoms with van der Waals surface area (Å²) in [5, 5.41) is 7.66. The maximum Gasteiger partial charge on any atom is 0.227 e. The van der Waals surface area contributed by atoms with Gasteiger partial charge in [0.15, 0.2) is 11.5 Å². The average molecular weight is 431 g/mol. The second-order valence-electron chi connectivity index (χ2n) is 6.19. The highest BCUT2D eigenvalue weighted by Crippen LogP contribution is 2.38. The van der Waals surface area contributed by atoms with E-state index < -0.39 is 0 Å². The van der Waals surface area contributed by atoms with Gasteiger partial charge in [-0.15, -0.1) is 12.4 Å². The zero-order valence-electron chi connectivity index (χ0n) is 15.9. The molecule has 1 amide bonds. The number of amides is 1. The first kappa shape index (κ1) is 22.3. The lowest BCUT2D eigenvalue weighted by Crippen LogP contribution is -2.34. The molecule has 1 aromatic heterocycles. The van der Waals surface area contributed by atoms with Crippen LogP contribution in [0.4, 0.5) is 0 Å². The Morgan fingerprint density at radius 3 is 2.86 bits per heavy atom. The van der Waals surface area contributed by atoms with Crippen molar-refractivity contribution in [3.63, 3.8) is 0 Å². The molecule has 0 radical (unpaired) electrons. The summed E-state index contributed by atoms with van der Waals surface area (Å²) in [7, 11) is 3.05. The fourth-order valence-corrected chi connectivity index (χ4v) is 3.28. The predicted octanol–water partition coefficient (Wildman–Crippen LogP) is 2.58. The van der Waals surface area contributed by atoms with E-state index in [1.54, 1.807) is 12.1 Å². The van der Waals surface area contributed by atoms with Gasteiger partial charge >= 0.3 is 0 Å². The van der Waals surface area contributed by atoms with Crippen molar-refractivity contribution in [2.45, 2.75) is 19.3 Å². The van der Waals surface area contributed by atoms with Gasteiger partial charge in [0.05, 0.1) is 19.2 Å². The first-order valence-corrected chi connectivity index (χ1v) is 9.23. The number of ether oxygens (including phenoxy) is 2. The summed E-state index contributed by atoms with van der Waals surface area (Å²) in [5.74, 6) is 1.84. The number of carbonyl (C=O) groups is 1. The quantitative estimate of drug-likeness (QED) is 0.752. The molecule has 2 aromatic rings. The van der Waals surface area contributed by atoms with Gasteiger partial charge in [0, 0.05) is 38.0 Å². The fourth-order valence-electron chi connectivity index (χ4n) is 2.99. The number of nitrogens with one attached hydrogen (secondary N) is 1. The Hall–Kier alpha value is -2.03. The van der Waals surface area contributed by atoms with Gasteiger partial charge < -0.3 is 24.2 Å². The lowest BCUT2D eigenvalue weighted by atomic mass is 10.2. The van der Waals surface area contributed by atoms with Crippen molar-refractivity contribution in [2.24, 2.45) is 0 Å². The third-order valence-electron chi connectivity index (χ3n) is 4.41. The van der Waals surface area contributed by atoms with Crippen molar-refractivity contribution in [1.29, 1.82) is 0 Å². The van der Waals surface area contributed by atoms with Gasteiger partial charge in [-0.05, 0) is 25.1 Å². The molecule has 1 aliphatic heterocycles. The first-order chi connectivity index (χ1) is 13.1. The molecule has 154 valence electrons. The smallest absolute Gasteiger partial charge is 0.227 e. The van der Waals surface area contributed by atoms with Crippen molar-refractivity contribution in [3.05, 3.63) is 23.0 Å². The number of methoxy groups -OCH3 is 2. The van der Waals surface area contributed by atoms with E-state index in [-0.39, 0.29) is 18.3 Å². The minimum Gasteiger partial charge on any atom is -0.493 e. The Bertz CT molecular complexity index is 792. The molecule has 3 rings (SSSR count). The zero-order chi connectivity index (χ0) is 19.2. The largest absolute Gasteiger partial charge is 0.493 e. The van der Waals surface area contributed by atoms with Crippen molar-refractivity contribution in [1.82, 2.24) is 20.4 Å². The zero-order valence-corrected chi connectivity index (χ0v) is 17.4. The van der Waals surface area contributed by atoms with Crippen LogP contribution in [0.25, 0.3) is 11.4 Å². The summed E-state index contributed by atoms with van der Waals surface area (Å²) in [6.45, 7) is 3.30. The molecule has 0 bridgehead atoms. The Labute approximate surface area is 174 Å². The van der Waals surface area contributed by atoms with Crippen molar-refractivity contribution in [3.8, 4) is 22.9 Å². The molecule has 1 N–H and O–H groups in total. The third kappa shape index (κ3) is 5.27. The van der Waals surface area contributed by atoms with Crippen molar-refractivity contribution >= 4 is 29.9 Å². The van der Waals surface area contributed by atoms with Crippen LogP contribution in [-0.4, -0.2) is 61.3 Å². The lowest BCUT2D eigenvalue weighted by Gasteiger charge is -2.19.